The number of amides is 2. The fourth-order valence-electron chi connectivity index (χ4n) is 3.61. The molecular formula is C28H29BrCl2N2O3. The molecule has 5 nitrogen and oxygen atoms in total. The van der Waals surface area contributed by atoms with Gasteiger partial charge in [0.1, 0.15) is 11.8 Å². The second-order valence-electron chi connectivity index (χ2n) is 9.46. The van der Waals surface area contributed by atoms with E-state index in [1.165, 1.54) is 0 Å². The van der Waals surface area contributed by atoms with Crippen molar-refractivity contribution in [1.82, 2.24) is 10.2 Å². The number of rotatable bonds is 9. The summed E-state index contributed by atoms with van der Waals surface area (Å²) in [5, 5.41) is 4.01. The standard InChI is InChI=1S/C28H29BrCl2N2O3/c1-28(2,3)32-27(35)24(15-19-7-5-4-6-8-19)33(17-20-9-12-22(30)13-10-20)26(34)18-36-25-14-11-21(29)16-23(25)31/h4-14,16,24H,15,17-18H2,1-3H3,(H,32,35)/t24-/m1/s1. The zero-order valence-corrected chi connectivity index (χ0v) is 23.5. The fraction of sp³-hybridized carbons (Fsp3) is 0.286. The van der Waals surface area contributed by atoms with Gasteiger partial charge in [0.05, 0.1) is 5.02 Å². The molecule has 0 aliphatic rings. The fourth-order valence-corrected chi connectivity index (χ4v) is 4.46. The van der Waals surface area contributed by atoms with E-state index in [2.05, 4.69) is 21.2 Å². The number of nitrogens with one attached hydrogen (secondary N) is 1. The Kier molecular flexibility index (Phi) is 9.83. The van der Waals surface area contributed by atoms with Crippen LogP contribution >= 0.6 is 39.1 Å². The van der Waals surface area contributed by atoms with Crippen molar-refractivity contribution in [2.45, 2.75) is 45.3 Å². The minimum Gasteiger partial charge on any atom is -0.482 e. The number of halogens is 3. The van der Waals surface area contributed by atoms with E-state index in [4.69, 9.17) is 27.9 Å². The maximum absolute atomic E-state index is 13.6. The van der Waals surface area contributed by atoms with Crippen LogP contribution in [-0.2, 0) is 22.6 Å². The highest BCUT2D eigenvalue weighted by atomic mass is 79.9. The van der Waals surface area contributed by atoms with Crippen LogP contribution in [0, 0.1) is 0 Å². The third-order valence-corrected chi connectivity index (χ3v) is 6.32. The van der Waals surface area contributed by atoms with Crippen molar-refractivity contribution in [2.75, 3.05) is 6.61 Å². The van der Waals surface area contributed by atoms with Gasteiger partial charge in [0.2, 0.25) is 5.91 Å². The van der Waals surface area contributed by atoms with Crippen molar-refractivity contribution in [3.8, 4) is 5.75 Å². The highest BCUT2D eigenvalue weighted by Gasteiger charge is 2.32. The Morgan fingerprint density at radius 2 is 1.64 bits per heavy atom. The van der Waals surface area contributed by atoms with Crippen LogP contribution in [0.2, 0.25) is 10.0 Å². The molecule has 3 aromatic rings. The normalized spacial score (nSPS) is 12.1. The van der Waals surface area contributed by atoms with Gasteiger partial charge in [-0.25, -0.2) is 0 Å². The Morgan fingerprint density at radius 1 is 0.972 bits per heavy atom. The topological polar surface area (TPSA) is 58.6 Å². The smallest absolute Gasteiger partial charge is 0.261 e. The van der Waals surface area contributed by atoms with Gasteiger partial charge in [-0.3, -0.25) is 9.59 Å². The molecule has 1 atom stereocenters. The first kappa shape index (κ1) is 28.0. The van der Waals surface area contributed by atoms with Gasteiger partial charge in [0.25, 0.3) is 5.91 Å². The lowest BCUT2D eigenvalue weighted by Crippen LogP contribution is -2.55. The Morgan fingerprint density at radius 3 is 2.25 bits per heavy atom. The molecule has 0 spiro atoms. The van der Waals surface area contributed by atoms with Crippen molar-refractivity contribution in [1.29, 1.82) is 0 Å². The van der Waals surface area contributed by atoms with Crippen molar-refractivity contribution in [3.05, 3.63) is 98.4 Å². The first-order valence-corrected chi connectivity index (χ1v) is 13.0. The lowest BCUT2D eigenvalue weighted by atomic mass is 10.0. The van der Waals surface area contributed by atoms with Gasteiger partial charge in [0.15, 0.2) is 6.61 Å². The molecule has 0 fully saturated rings. The minimum absolute atomic E-state index is 0.211. The molecule has 0 aliphatic heterocycles. The summed E-state index contributed by atoms with van der Waals surface area (Å²) in [6, 6.07) is 21.3. The third-order valence-electron chi connectivity index (χ3n) is 5.28. The first-order chi connectivity index (χ1) is 17.0. The Balaban J connectivity index is 1.93. The largest absolute Gasteiger partial charge is 0.482 e. The molecule has 0 radical (unpaired) electrons. The molecule has 3 rings (SSSR count). The summed E-state index contributed by atoms with van der Waals surface area (Å²) in [6.07, 6.45) is 0.348. The maximum Gasteiger partial charge on any atom is 0.261 e. The maximum atomic E-state index is 13.6. The zero-order valence-electron chi connectivity index (χ0n) is 20.4. The Bertz CT molecular complexity index is 1180. The van der Waals surface area contributed by atoms with Gasteiger partial charge in [-0.1, -0.05) is 81.6 Å². The van der Waals surface area contributed by atoms with Gasteiger partial charge in [-0.05, 0) is 62.2 Å². The second kappa shape index (κ2) is 12.6. The molecule has 0 heterocycles. The van der Waals surface area contributed by atoms with E-state index in [1.54, 1.807) is 35.2 Å². The van der Waals surface area contributed by atoms with E-state index < -0.39 is 11.6 Å². The molecule has 36 heavy (non-hydrogen) atoms. The van der Waals surface area contributed by atoms with Crippen LogP contribution in [0.1, 0.15) is 31.9 Å². The van der Waals surface area contributed by atoms with Crippen LogP contribution in [0.3, 0.4) is 0 Å². The van der Waals surface area contributed by atoms with Crippen LogP contribution in [0.15, 0.2) is 77.3 Å². The summed E-state index contributed by atoms with van der Waals surface area (Å²) in [7, 11) is 0. The third kappa shape index (κ3) is 8.54. The predicted molar refractivity (Wildman–Crippen MR) is 148 cm³/mol. The molecule has 1 N–H and O–H groups in total. The molecule has 0 bridgehead atoms. The Hall–Kier alpha value is -2.54. The summed E-state index contributed by atoms with van der Waals surface area (Å²) in [5.74, 6) is -0.192. The van der Waals surface area contributed by atoms with E-state index in [0.29, 0.717) is 22.2 Å². The van der Waals surface area contributed by atoms with Crippen molar-refractivity contribution in [3.63, 3.8) is 0 Å². The quantitative estimate of drug-likeness (QED) is 0.302. The lowest BCUT2D eigenvalue weighted by Gasteiger charge is -2.33. The SMILES string of the molecule is CC(C)(C)NC(=O)[C@@H](Cc1ccccc1)N(Cc1ccc(Cl)cc1)C(=O)COc1ccc(Br)cc1Cl. The highest BCUT2D eigenvalue weighted by molar-refractivity contribution is 9.10. The van der Waals surface area contributed by atoms with Gasteiger partial charge in [-0.2, -0.15) is 0 Å². The number of nitrogens with zero attached hydrogens (tertiary/aromatic N) is 1. The van der Waals surface area contributed by atoms with Crippen molar-refractivity contribution < 1.29 is 14.3 Å². The first-order valence-electron chi connectivity index (χ1n) is 11.5. The van der Waals surface area contributed by atoms with Gasteiger partial charge in [-0.15, -0.1) is 0 Å². The Labute approximate surface area is 230 Å². The number of carbonyl (C=O) groups excluding carboxylic acids is 2. The van der Waals surface area contributed by atoms with E-state index in [0.717, 1.165) is 15.6 Å². The average Bonchev–Trinajstić information content (AvgIpc) is 2.81. The molecule has 0 aliphatic carbocycles. The summed E-state index contributed by atoms with van der Waals surface area (Å²) in [5.41, 5.74) is 1.32. The average molecular weight is 592 g/mol. The summed E-state index contributed by atoms with van der Waals surface area (Å²) < 4.78 is 6.58. The van der Waals surface area contributed by atoms with Crippen LogP contribution < -0.4 is 10.1 Å². The minimum atomic E-state index is -0.765. The van der Waals surface area contributed by atoms with E-state index in [-0.39, 0.29) is 25.0 Å². The van der Waals surface area contributed by atoms with Crippen molar-refractivity contribution in [2.24, 2.45) is 0 Å². The van der Waals surface area contributed by atoms with Crippen LogP contribution in [0.25, 0.3) is 0 Å². The monoisotopic (exact) mass is 590 g/mol. The summed E-state index contributed by atoms with van der Waals surface area (Å²) in [6.45, 7) is 5.67. The van der Waals surface area contributed by atoms with E-state index >= 15 is 0 Å². The van der Waals surface area contributed by atoms with Gasteiger partial charge < -0.3 is 15.0 Å². The molecular weight excluding hydrogens is 563 g/mol. The van der Waals surface area contributed by atoms with E-state index in [1.807, 2.05) is 63.2 Å². The molecule has 190 valence electrons. The molecule has 0 aromatic heterocycles. The van der Waals surface area contributed by atoms with Gasteiger partial charge in [0, 0.05) is 28.0 Å². The molecule has 8 heteroatoms. The number of hydrogen-bond acceptors (Lipinski definition) is 3. The molecule has 0 saturated heterocycles. The predicted octanol–water partition coefficient (Wildman–Crippen LogP) is 6.69. The van der Waals surface area contributed by atoms with Crippen molar-refractivity contribution >= 4 is 50.9 Å². The second-order valence-corrected chi connectivity index (χ2v) is 11.2. The van der Waals surface area contributed by atoms with E-state index in [9.17, 15) is 9.59 Å². The number of hydrogen-bond donors (Lipinski definition) is 1. The number of benzene rings is 3. The summed E-state index contributed by atoms with van der Waals surface area (Å²) >= 11 is 15.7. The number of ether oxygens (including phenoxy) is 1. The highest BCUT2D eigenvalue weighted by Crippen LogP contribution is 2.28. The number of carbonyl (C=O) groups is 2. The molecule has 0 saturated carbocycles. The van der Waals surface area contributed by atoms with Gasteiger partial charge >= 0.3 is 0 Å². The summed E-state index contributed by atoms with van der Waals surface area (Å²) in [4.78, 5) is 28.7. The molecule has 3 aromatic carbocycles. The zero-order chi connectivity index (χ0) is 26.3. The lowest BCUT2D eigenvalue weighted by molar-refractivity contribution is -0.143. The molecule has 2 amide bonds. The van der Waals surface area contributed by atoms with Crippen LogP contribution in [0.5, 0.6) is 5.75 Å². The van der Waals surface area contributed by atoms with Crippen LogP contribution in [-0.4, -0.2) is 34.9 Å². The molecule has 0 unspecified atom stereocenters. The van der Waals surface area contributed by atoms with Crippen LogP contribution in [0.4, 0.5) is 0 Å².